The lowest BCUT2D eigenvalue weighted by atomic mass is 10.0. The minimum absolute atomic E-state index is 0. The molecule has 10 nitrogen and oxygen atoms in total. The number of hydrogen-bond acceptors (Lipinski definition) is 6. The van der Waals surface area contributed by atoms with Crippen LogP contribution < -0.4 is 16.0 Å². The number of hydrogen-bond donors (Lipinski definition) is 3. The van der Waals surface area contributed by atoms with E-state index in [1.807, 2.05) is 49.5 Å². The summed E-state index contributed by atoms with van der Waals surface area (Å²) in [5, 5.41) is 20.4. The van der Waals surface area contributed by atoms with Gasteiger partial charge in [-0.25, -0.2) is 13.9 Å². The molecule has 0 saturated heterocycles. The van der Waals surface area contributed by atoms with Gasteiger partial charge in [-0.2, -0.15) is 0 Å². The zero-order chi connectivity index (χ0) is 28.5. The first-order valence-electron chi connectivity index (χ1n) is 13.0. The fourth-order valence-corrected chi connectivity index (χ4v) is 4.31. The van der Waals surface area contributed by atoms with Gasteiger partial charge in [0.25, 0.3) is 0 Å². The van der Waals surface area contributed by atoms with Crippen molar-refractivity contribution in [1.82, 2.24) is 30.4 Å². The van der Waals surface area contributed by atoms with Gasteiger partial charge in [0.2, 0.25) is 5.91 Å². The minimum Gasteiger partial charge on any atom is -0.338 e. The van der Waals surface area contributed by atoms with E-state index in [0.717, 1.165) is 48.2 Å². The summed E-state index contributed by atoms with van der Waals surface area (Å²) in [7, 11) is 3.77. The molecule has 1 heterocycles. The molecule has 216 valence electrons. The summed E-state index contributed by atoms with van der Waals surface area (Å²) in [4.78, 5) is 26.4. The third-order valence-electron chi connectivity index (χ3n) is 6.20. The van der Waals surface area contributed by atoms with Crippen LogP contribution in [0.1, 0.15) is 25.3 Å². The van der Waals surface area contributed by atoms with E-state index in [9.17, 15) is 14.0 Å². The van der Waals surface area contributed by atoms with E-state index in [2.05, 4.69) is 36.4 Å². The number of nitrogens with one attached hydrogen (secondary N) is 3. The summed E-state index contributed by atoms with van der Waals surface area (Å²) in [5.74, 6) is 0.156. The second kappa shape index (κ2) is 14.9. The first kappa shape index (κ1) is 31.2. The number of tetrazole rings is 1. The number of amides is 3. The molecule has 0 aliphatic heterocycles. The van der Waals surface area contributed by atoms with Crippen LogP contribution in [0.25, 0.3) is 22.5 Å². The Morgan fingerprint density at radius 2 is 1.66 bits per heavy atom. The summed E-state index contributed by atoms with van der Waals surface area (Å²) in [6, 6.07) is 19.3. The van der Waals surface area contributed by atoms with Crippen molar-refractivity contribution in [2.24, 2.45) is 7.05 Å². The molecule has 0 aliphatic rings. The van der Waals surface area contributed by atoms with Crippen LogP contribution in [0.15, 0.2) is 66.7 Å². The van der Waals surface area contributed by atoms with Gasteiger partial charge >= 0.3 is 6.03 Å². The molecule has 0 bridgehead atoms. The first-order chi connectivity index (χ1) is 19.3. The number of carbonyl (C=O) groups excluding carboxylic acids is 2. The second-order valence-corrected chi connectivity index (χ2v) is 9.64. The maximum Gasteiger partial charge on any atom is 0.319 e. The summed E-state index contributed by atoms with van der Waals surface area (Å²) in [6.07, 6.45) is 1.72. The van der Waals surface area contributed by atoms with Crippen molar-refractivity contribution in [3.63, 3.8) is 0 Å². The quantitative estimate of drug-likeness (QED) is 0.213. The summed E-state index contributed by atoms with van der Waals surface area (Å²) in [6.45, 7) is 3.58. The van der Waals surface area contributed by atoms with Gasteiger partial charge in [0.15, 0.2) is 5.82 Å². The Labute approximate surface area is 244 Å². The number of aromatic nitrogens is 4. The predicted octanol–water partition coefficient (Wildman–Crippen LogP) is 5.10. The highest BCUT2D eigenvalue weighted by molar-refractivity contribution is 5.92. The Bertz CT molecular complexity index is 1460. The van der Waals surface area contributed by atoms with Crippen LogP contribution in [0, 0.1) is 5.82 Å². The number of aryl methyl sites for hydroxylation is 1. The molecule has 0 saturated carbocycles. The molecule has 1 aromatic heterocycles. The maximum atomic E-state index is 13.1. The maximum absolute atomic E-state index is 13.1. The van der Waals surface area contributed by atoms with Crippen LogP contribution >= 0.6 is 12.4 Å². The lowest BCUT2D eigenvalue weighted by Gasteiger charge is -2.17. The molecular formula is C29H34ClFN8O2. The third kappa shape index (κ3) is 9.37. The summed E-state index contributed by atoms with van der Waals surface area (Å²) < 4.78 is 14.6. The standard InChI is InChI=1S/C29H33FN8O2.ClH/c1-20(39)32-26-8-6-7-22(16-26)23-15-24(28-34-35-36-38(28)3)18-27(17-23)33-29(40)31-13-4-5-14-37(2)19-21-9-11-25(30)12-10-21;/h6-12,15-18H,4-5,13-14,19H2,1-3H3,(H,32,39)(H2,31,33,40);1H. The zero-order valence-corrected chi connectivity index (χ0v) is 24.0. The zero-order valence-electron chi connectivity index (χ0n) is 23.2. The average molecular weight is 581 g/mol. The number of nitrogens with zero attached hydrogens (tertiary/aromatic N) is 5. The van der Waals surface area contributed by atoms with Crippen LogP contribution in [0.4, 0.5) is 20.6 Å². The Morgan fingerprint density at radius 3 is 2.37 bits per heavy atom. The van der Waals surface area contributed by atoms with Crippen molar-refractivity contribution in [2.75, 3.05) is 30.8 Å². The molecule has 0 aliphatic carbocycles. The van der Waals surface area contributed by atoms with Crippen LogP contribution in [-0.2, 0) is 18.4 Å². The van der Waals surface area contributed by atoms with Crippen molar-refractivity contribution in [3.8, 4) is 22.5 Å². The number of rotatable bonds is 11. The number of carbonyl (C=O) groups is 2. The highest BCUT2D eigenvalue weighted by Crippen LogP contribution is 2.30. The van der Waals surface area contributed by atoms with Crippen molar-refractivity contribution < 1.29 is 14.0 Å². The van der Waals surface area contributed by atoms with Crippen molar-refractivity contribution in [2.45, 2.75) is 26.3 Å². The number of halogens is 2. The summed E-state index contributed by atoms with van der Waals surface area (Å²) >= 11 is 0. The number of anilines is 2. The molecule has 3 N–H and O–H groups in total. The van der Waals surface area contributed by atoms with Gasteiger partial charge in [-0.15, -0.1) is 17.5 Å². The number of urea groups is 1. The van der Waals surface area contributed by atoms with Crippen LogP contribution in [0.5, 0.6) is 0 Å². The molecule has 0 unspecified atom stereocenters. The number of benzene rings is 3. The first-order valence-corrected chi connectivity index (χ1v) is 13.0. The number of unbranched alkanes of at least 4 members (excludes halogenated alkanes) is 1. The molecule has 0 fully saturated rings. The highest BCUT2D eigenvalue weighted by atomic mass is 35.5. The summed E-state index contributed by atoms with van der Waals surface area (Å²) in [5.41, 5.74) is 4.73. The minimum atomic E-state index is -0.314. The molecule has 41 heavy (non-hydrogen) atoms. The molecule has 0 radical (unpaired) electrons. The van der Waals surface area contributed by atoms with Crippen molar-refractivity contribution >= 4 is 35.7 Å². The smallest absolute Gasteiger partial charge is 0.319 e. The average Bonchev–Trinajstić information content (AvgIpc) is 3.35. The van der Waals surface area contributed by atoms with Gasteiger partial charge in [0.1, 0.15) is 5.82 Å². The van der Waals surface area contributed by atoms with E-state index in [1.54, 1.807) is 23.9 Å². The van der Waals surface area contributed by atoms with Gasteiger partial charge in [-0.05, 0) is 96.0 Å². The SMILES string of the molecule is CC(=O)Nc1cccc(-c2cc(NC(=O)NCCCCN(C)Cc3ccc(F)cc3)cc(-c3nnnn3C)c2)c1.Cl. The second-order valence-electron chi connectivity index (χ2n) is 9.64. The lowest BCUT2D eigenvalue weighted by Crippen LogP contribution is -2.30. The Kier molecular flexibility index (Phi) is 11.3. The molecule has 12 heteroatoms. The van der Waals surface area contributed by atoms with Gasteiger partial charge in [0, 0.05) is 44.0 Å². The van der Waals surface area contributed by atoms with E-state index in [-0.39, 0.29) is 30.2 Å². The van der Waals surface area contributed by atoms with E-state index in [1.165, 1.54) is 19.1 Å². The lowest BCUT2D eigenvalue weighted by molar-refractivity contribution is -0.114. The molecule has 0 atom stereocenters. The van der Waals surface area contributed by atoms with Crippen LogP contribution in [-0.4, -0.2) is 57.2 Å². The normalized spacial score (nSPS) is 10.7. The van der Waals surface area contributed by atoms with Crippen molar-refractivity contribution in [3.05, 3.63) is 78.1 Å². The highest BCUT2D eigenvalue weighted by Gasteiger charge is 2.12. The third-order valence-corrected chi connectivity index (χ3v) is 6.20. The van der Waals surface area contributed by atoms with Gasteiger partial charge < -0.3 is 20.9 Å². The molecule has 0 spiro atoms. The Balaban J connectivity index is 0.00000462. The van der Waals surface area contributed by atoms with Gasteiger partial charge in [0.05, 0.1) is 0 Å². The fraction of sp³-hybridized carbons (Fsp3) is 0.276. The van der Waals surface area contributed by atoms with Crippen molar-refractivity contribution in [1.29, 1.82) is 0 Å². The topological polar surface area (TPSA) is 117 Å². The van der Waals surface area contributed by atoms with E-state index in [4.69, 9.17) is 0 Å². The molecule has 4 aromatic rings. The van der Waals surface area contributed by atoms with Gasteiger partial charge in [-0.3, -0.25) is 4.79 Å². The van der Waals surface area contributed by atoms with Crippen LogP contribution in [0.2, 0.25) is 0 Å². The van der Waals surface area contributed by atoms with Crippen LogP contribution in [0.3, 0.4) is 0 Å². The van der Waals surface area contributed by atoms with E-state index >= 15 is 0 Å². The molecule has 3 amide bonds. The monoisotopic (exact) mass is 580 g/mol. The Hall–Kier alpha value is -4.35. The van der Waals surface area contributed by atoms with E-state index in [0.29, 0.717) is 23.7 Å². The predicted molar refractivity (Wildman–Crippen MR) is 160 cm³/mol. The van der Waals surface area contributed by atoms with E-state index < -0.39 is 0 Å². The molecule has 3 aromatic carbocycles. The fourth-order valence-electron chi connectivity index (χ4n) is 4.31. The Morgan fingerprint density at radius 1 is 0.927 bits per heavy atom. The van der Waals surface area contributed by atoms with Gasteiger partial charge in [-0.1, -0.05) is 24.3 Å². The largest absolute Gasteiger partial charge is 0.338 e. The molecule has 4 rings (SSSR count). The molecular weight excluding hydrogens is 547 g/mol.